The largest absolute Gasteiger partial charge is 0.345 e. The van der Waals surface area contributed by atoms with Crippen LogP contribution in [0.2, 0.25) is 5.02 Å². The van der Waals surface area contributed by atoms with Crippen molar-refractivity contribution in [2.24, 2.45) is 0 Å². The zero-order chi connectivity index (χ0) is 21.3. The second-order valence-electron chi connectivity index (χ2n) is 7.28. The Balaban J connectivity index is 1.50. The van der Waals surface area contributed by atoms with E-state index in [2.05, 4.69) is 32.0 Å². The number of nitrogens with one attached hydrogen (secondary N) is 1. The zero-order valence-electron chi connectivity index (χ0n) is 16.9. The van der Waals surface area contributed by atoms with Crippen molar-refractivity contribution in [2.45, 2.75) is 20.4 Å². The first-order chi connectivity index (χ1) is 14.4. The minimum Gasteiger partial charge on any atom is -0.345 e. The van der Waals surface area contributed by atoms with Gasteiger partial charge in [0.05, 0.1) is 10.7 Å². The number of benzene rings is 1. The Bertz CT molecular complexity index is 1140. The molecule has 0 aliphatic carbocycles. The average Bonchev–Trinajstić information content (AvgIpc) is 3.17. The predicted octanol–water partition coefficient (Wildman–Crippen LogP) is 2.60. The molecule has 3 heterocycles. The lowest BCUT2D eigenvalue weighted by Gasteiger charge is -2.33. The minimum absolute atomic E-state index is 0.144. The fourth-order valence-electron chi connectivity index (χ4n) is 3.40. The van der Waals surface area contributed by atoms with Crippen LogP contribution in [0.3, 0.4) is 0 Å². The molecule has 0 radical (unpaired) electrons. The highest BCUT2D eigenvalue weighted by molar-refractivity contribution is 7.22. The van der Waals surface area contributed by atoms with E-state index in [9.17, 15) is 9.59 Å². The summed E-state index contributed by atoms with van der Waals surface area (Å²) in [6, 6.07) is 5.38. The first-order valence-corrected chi connectivity index (χ1v) is 11.0. The van der Waals surface area contributed by atoms with Crippen molar-refractivity contribution >= 4 is 50.0 Å². The summed E-state index contributed by atoms with van der Waals surface area (Å²) in [5, 5.41) is 4.01. The molecule has 1 N–H and O–H groups in total. The fraction of sp³-hybridized carbons (Fsp3) is 0.400. The molecular formula is C20H23ClN6O2S. The normalized spacial score (nSPS) is 15.0. The molecule has 10 heteroatoms. The monoisotopic (exact) mass is 446 g/mol. The molecule has 0 spiro atoms. The summed E-state index contributed by atoms with van der Waals surface area (Å²) >= 11 is 7.51. The van der Waals surface area contributed by atoms with Crippen molar-refractivity contribution in [3.05, 3.63) is 45.5 Å². The molecule has 8 nitrogen and oxygen atoms in total. The molecule has 158 valence electrons. The molecule has 3 aromatic rings. The summed E-state index contributed by atoms with van der Waals surface area (Å²) in [5.74, 6) is -0.343. The van der Waals surface area contributed by atoms with E-state index in [4.69, 9.17) is 11.6 Å². The van der Waals surface area contributed by atoms with Crippen LogP contribution >= 0.6 is 22.9 Å². The Morgan fingerprint density at radius 1 is 1.27 bits per heavy atom. The lowest BCUT2D eigenvalue weighted by atomic mass is 10.2. The maximum atomic E-state index is 12.9. The highest BCUT2D eigenvalue weighted by Gasteiger charge is 2.21. The summed E-state index contributed by atoms with van der Waals surface area (Å²) in [4.78, 5) is 38.7. The number of carbonyl (C=O) groups is 1. The third-order valence-corrected chi connectivity index (χ3v) is 6.58. The van der Waals surface area contributed by atoms with E-state index in [1.807, 2.05) is 13.0 Å². The van der Waals surface area contributed by atoms with Gasteiger partial charge < -0.3 is 15.1 Å². The SMILES string of the molecule is CCN1CCN(c2nc3ncn(CC(=O)Nc4ccc(C)cc4Cl)c(=O)c3s2)CC1. The van der Waals surface area contributed by atoms with E-state index >= 15 is 0 Å². The van der Waals surface area contributed by atoms with Crippen molar-refractivity contribution in [3.8, 4) is 0 Å². The van der Waals surface area contributed by atoms with Crippen molar-refractivity contribution in [2.75, 3.05) is 42.9 Å². The minimum atomic E-state index is -0.343. The highest BCUT2D eigenvalue weighted by Crippen LogP contribution is 2.26. The van der Waals surface area contributed by atoms with E-state index < -0.39 is 0 Å². The predicted molar refractivity (Wildman–Crippen MR) is 121 cm³/mol. The van der Waals surface area contributed by atoms with Crippen LogP contribution in [0.25, 0.3) is 10.3 Å². The van der Waals surface area contributed by atoms with Crippen LogP contribution in [-0.4, -0.2) is 58.1 Å². The second kappa shape index (κ2) is 8.71. The van der Waals surface area contributed by atoms with E-state index in [-0.39, 0.29) is 18.0 Å². The van der Waals surface area contributed by atoms with Gasteiger partial charge in [-0.05, 0) is 31.2 Å². The number of hydrogen-bond donors (Lipinski definition) is 1. The third kappa shape index (κ3) is 4.33. The lowest BCUT2D eigenvalue weighted by molar-refractivity contribution is -0.116. The Kier molecular flexibility index (Phi) is 6.03. The van der Waals surface area contributed by atoms with Gasteiger partial charge in [0.25, 0.3) is 5.56 Å². The van der Waals surface area contributed by atoms with Gasteiger partial charge >= 0.3 is 0 Å². The molecule has 0 unspecified atom stereocenters. The van der Waals surface area contributed by atoms with Crippen molar-refractivity contribution in [1.82, 2.24) is 19.4 Å². The molecule has 1 aromatic carbocycles. The van der Waals surface area contributed by atoms with Gasteiger partial charge in [0.1, 0.15) is 17.6 Å². The number of piperazine rings is 1. The standard InChI is InChI=1S/C20H23ClN6O2S/c1-3-25-6-8-26(9-7-25)20-24-18-17(30-20)19(29)27(12-22-18)11-16(28)23-15-5-4-13(2)10-14(15)21/h4-5,10,12H,3,6-9,11H2,1-2H3,(H,23,28). The van der Waals surface area contributed by atoms with Crippen LogP contribution in [0.5, 0.6) is 0 Å². The molecule has 1 aliphatic rings. The average molecular weight is 447 g/mol. The van der Waals surface area contributed by atoms with Crippen molar-refractivity contribution < 1.29 is 4.79 Å². The number of fused-ring (bicyclic) bond motifs is 1. The van der Waals surface area contributed by atoms with Crippen LogP contribution in [0, 0.1) is 6.92 Å². The summed E-state index contributed by atoms with van der Waals surface area (Å²) in [7, 11) is 0. The van der Waals surface area contributed by atoms with Crippen molar-refractivity contribution in [1.29, 1.82) is 0 Å². The Hall–Kier alpha value is -2.49. The van der Waals surface area contributed by atoms with Gasteiger partial charge in [0.15, 0.2) is 10.8 Å². The maximum Gasteiger partial charge on any atom is 0.273 e. The molecule has 4 rings (SSSR count). The topological polar surface area (TPSA) is 83.4 Å². The molecule has 2 aromatic heterocycles. The zero-order valence-corrected chi connectivity index (χ0v) is 18.5. The van der Waals surface area contributed by atoms with Gasteiger partial charge in [-0.3, -0.25) is 14.2 Å². The second-order valence-corrected chi connectivity index (χ2v) is 8.66. The smallest absolute Gasteiger partial charge is 0.273 e. The summed E-state index contributed by atoms with van der Waals surface area (Å²) in [5.41, 5.74) is 1.68. The Morgan fingerprint density at radius 3 is 2.73 bits per heavy atom. The van der Waals surface area contributed by atoms with E-state index in [0.717, 1.165) is 43.4 Å². The van der Waals surface area contributed by atoms with Gasteiger partial charge in [0.2, 0.25) is 5.91 Å². The summed E-state index contributed by atoms with van der Waals surface area (Å²) in [6.45, 7) is 8.68. The number of likely N-dealkylation sites (N-methyl/N-ethyl adjacent to an activating group) is 1. The van der Waals surface area contributed by atoms with Crippen LogP contribution in [0.1, 0.15) is 12.5 Å². The number of nitrogens with zero attached hydrogens (tertiary/aromatic N) is 5. The Labute approximate surface area is 183 Å². The first-order valence-electron chi connectivity index (χ1n) is 9.84. The number of halogens is 1. The Morgan fingerprint density at radius 2 is 2.03 bits per heavy atom. The number of aromatic nitrogens is 3. The van der Waals surface area contributed by atoms with Gasteiger partial charge in [-0.25, -0.2) is 4.98 Å². The molecular weight excluding hydrogens is 424 g/mol. The van der Waals surface area contributed by atoms with Gasteiger partial charge in [-0.15, -0.1) is 0 Å². The first kappa shape index (κ1) is 20.8. The number of amides is 1. The van der Waals surface area contributed by atoms with E-state index in [1.54, 1.807) is 12.1 Å². The summed E-state index contributed by atoms with van der Waals surface area (Å²) in [6.07, 6.45) is 1.37. The molecule has 0 bridgehead atoms. The number of rotatable bonds is 5. The van der Waals surface area contributed by atoms with Crippen LogP contribution in [0.15, 0.2) is 29.3 Å². The molecule has 1 amide bonds. The van der Waals surface area contributed by atoms with Gasteiger partial charge in [-0.1, -0.05) is 35.9 Å². The van der Waals surface area contributed by atoms with Crippen molar-refractivity contribution in [3.63, 3.8) is 0 Å². The molecule has 30 heavy (non-hydrogen) atoms. The molecule has 0 atom stereocenters. The quantitative estimate of drug-likeness (QED) is 0.648. The van der Waals surface area contributed by atoms with Gasteiger partial charge in [-0.2, -0.15) is 4.98 Å². The maximum absolute atomic E-state index is 12.9. The molecule has 1 saturated heterocycles. The number of anilines is 2. The fourth-order valence-corrected chi connectivity index (χ4v) is 4.71. The number of aryl methyl sites for hydroxylation is 1. The molecule has 1 fully saturated rings. The molecule has 1 aliphatic heterocycles. The molecule has 0 saturated carbocycles. The van der Waals surface area contributed by atoms with Crippen LogP contribution in [0.4, 0.5) is 10.8 Å². The summed E-state index contributed by atoms with van der Waals surface area (Å²) < 4.78 is 1.77. The van der Waals surface area contributed by atoms with Gasteiger partial charge in [0, 0.05) is 26.2 Å². The van der Waals surface area contributed by atoms with E-state index in [0.29, 0.717) is 21.1 Å². The number of hydrogen-bond acceptors (Lipinski definition) is 7. The third-order valence-electron chi connectivity index (χ3n) is 5.18. The van der Waals surface area contributed by atoms with E-state index in [1.165, 1.54) is 22.2 Å². The highest BCUT2D eigenvalue weighted by atomic mass is 35.5. The van der Waals surface area contributed by atoms with Crippen LogP contribution < -0.4 is 15.8 Å². The van der Waals surface area contributed by atoms with Crippen LogP contribution in [-0.2, 0) is 11.3 Å². The number of carbonyl (C=O) groups excluding carboxylic acids is 1. The lowest BCUT2D eigenvalue weighted by Crippen LogP contribution is -2.46. The number of thiazole rings is 1.